The number of hydrogen-bond donors (Lipinski definition) is 2. The minimum Gasteiger partial charge on any atom is -0.390 e. The molecule has 0 saturated carbocycles. The molecule has 0 aromatic heterocycles. The van der Waals surface area contributed by atoms with E-state index in [1.807, 2.05) is 45.0 Å². The number of amides is 1. The van der Waals surface area contributed by atoms with Gasteiger partial charge in [-0.2, -0.15) is 0 Å². The van der Waals surface area contributed by atoms with Crippen LogP contribution in [-0.2, 0) is 16.0 Å². The van der Waals surface area contributed by atoms with Gasteiger partial charge in [0.05, 0.1) is 17.7 Å². The molecule has 0 saturated heterocycles. The van der Waals surface area contributed by atoms with E-state index in [1.54, 1.807) is 0 Å². The van der Waals surface area contributed by atoms with Gasteiger partial charge in [0, 0.05) is 6.42 Å². The zero-order chi connectivity index (χ0) is 14.0. The Kier molecular flexibility index (Phi) is 3.92. The topological polar surface area (TPSA) is 58.6 Å². The molecule has 4 heteroatoms. The highest BCUT2D eigenvalue weighted by Crippen LogP contribution is 2.31. The van der Waals surface area contributed by atoms with E-state index >= 15 is 0 Å². The minimum atomic E-state index is -0.559. The SMILES string of the molecule is CC(C)(C)OCC(=O)NC1c2ccccc2CC1O. The van der Waals surface area contributed by atoms with Gasteiger partial charge >= 0.3 is 0 Å². The molecule has 0 bridgehead atoms. The van der Waals surface area contributed by atoms with Gasteiger partial charge in [-0.15, -0.1) is 0 Å². The van der Waals surface area contributed by atoms with E-state index < -0.39 is 6.10 Å². The maximum absolute atomic E-state index is 11.9. The Morgan fingerprint density at radius 3 is 2.79 bits per heavy atom. The van der Waals surface area contributed by atoms with Crippen LogP contribution < -0.4 is 5.32 Å². The molecule has 1 aliphatic rings. The van der Waals surface area contributed by atoms with Crippen LogP contribution in [0.15, 0.2) is 24.3 Å². The number of carbonyl (C=O) groups is 1. The molecular formula is C15H21NO3. The summed E-state index contributed by atoms with van der Waals surface area (Å²) in [6.45, 7) is 5.72. The summed E-state index contributed by atoms with van der Waals surface area (Å²) < 4.78 is 5.43. The Morgan fingerprint density at radius 2 is 2.11 bits per heavy atom. The maximum Gasteiger partial charge on any atom is 0.246 e. The van der Waals surface area contributed by atoms with Crippen LogP contribution in [0.1, 0.15) is 37.9 Å². The van der Waals surface area contributed by atoms with Crippen molar-refractivity contribution in [2.75, 3.05) is 6.61 Å². The first-order valence-corrected chi connectivity index (χ1v) is 6.56. The largest absolute Gasteiger partial charge is 0.390 e. The summed E-state index contributed by atoms with van der Waals surface area (Å²) in [6, 6.07) is 7.46. The Labute approximate surface area is 113 Å². The number of fused-ring (bicyclic) bond motifs is 1. The molecule has 0 spiro atoms. The molecule has 104 valence electrons. The minimum absolute atomic E-state index is 0.00882. The van der Waals surface area contributed by atoms with Crippen molar-refractivity contribution in [3.05, 3.63) is 35.4 Å². The van der Waals surface area contributed by atoms with Crippen molar-refractivity contribution in [3.8, 4) is 0 Å². The Balaban J connectivity index is 1.98. The average molecular weight is 263 g/mol. The smallest absolute Gasteiger partial charge is 0.246 e. The van der Waals surface area contributed by atoms with E-state index in [2.05, 4.69) is 5.32 Å². The molecule has 0 aliphatic heterocycles. The second-order valence-electron chi connectivity index (χ2n) is 5.92. The van der Waals surface area contributed by atoms with Gasteiger partial charge in [-0.05, 0) is 31.9 Å². The predicted molar refractivity (Wildman–Crippen MR) is 72.7 cm³/mol. The second-order valence-corrected chi connectivity index (χ2v) is 5.92. The van der Waals surface area contributed by atoms with Crippen molar-refractivity contribution >= 4 is 5.91 Å². The summed E-state index contributed by atoms with van der Waals surface area (Å²) in [4.78, 5) is 11.9. The van der Waals surface area contributed by atoms with Crippen molar-refractivity contribution in [2.45, 2.75) is 44.9 Å². The molecule has 0 fully saturated rings. The highest BCUT2D eigenvalue weighted by molar-refractivity contribution is 5.78. The molecule has 1 amide bonds. The summed E-state index contributed by atoms with van der Waals surface area (Å²) in [5, 5.41) is 12.9. The first-order chi connectivity index (χ1) is 8.87. The van der Waals surface area contributed by atoms with Crippen molar-refractivity contribution in [1.29, 1.82) is 0 Å². The second kappa shape index (κ2) is 5.31. The maximum atomic E-state index is 11.9. The molecule has 2 rings (SSSR count). The lowest BCUT2D eigenvalue weighted by Gasteiger charge is -2.22. The van der Waals surface area contributed by atoms with Crippen LogP contribution in [-0.4, -0.2) is 29.3 Å². The van der Waals surface area contributed by atoms with Gasteiger partial charge in [0.15, 0.2) is 0 Å². The number of rotatable bonds is 3. The third-order valence-electron chi connectivity index (χ3n) is 3.16. The fraction of sp³-hybridized carbons (Fsp3) is 0.533. The number of benzene rings is 1. The van der Waals surface area contributed by atoms with Crippen LogP contribution in [0.25, 0.3) is 0 Å². The van der Waals surface area contributed by atoms with Crippen LogP contribution in [0.2, 0.25) is 0 Å². The molecule has 1 aromatic rings. The van der Waals surface area contributed by atoms with Gasteiger partial charge in [0.2, 0.25) is 5.91 Å². The van der Waals surface area contributed by atoms with Crippen molar-refractivity contribution < 1.29 is 14.6 Å². The third-order valence-corrected chi connectivity index (χ3v) is 3.16. The van der Waals surface area contributed by atoms with Gasteiger partial charge in [0.25, 0.3) is 0 Å². The fourth-order valence-electron chi connectivity index (χ4n) is 2.25. The monoisotopic (exact) mass is 263 g/mol. The summed E-state index contributed by atoms with van der Waals surface area (Å²) in [7, 11) is 0. The summed E-state index contributed by atoms with van der Waals surface area (Å²) in [5.41, 5.74) is 1.75. The Morgan fingerprint density at radius 1 is 1.42 bits per heavy atom. The average Bonchev–Trinajstić information content (AvgIpc) is 2.63. The van der Waals surface area contributed by atoms with Crippen LogP contribution >= 0.6 is 0 Å². The molecule has 0 heterocycles. The Bertz CT molecular complexity index is 465. The summed E-state index contributed by atoms with van der Waals surface area (Å²) >= 11 is 0. The van der Waals surface area contributed by atoms with E-state index in [4.69, 9.17) is 4.74 Å². The van der Waals surface area contributed by atoms with Gasteiger partial charge in [-0.1, -0.05) is 24.3 Å². The van der Waals surface area contributed by atoms with Crippen LogP contribution in [0.5, 0.6) is 0 Å². The number of nitrogens with one attached hydrogen (secondary N) is 1. The lowest BCUT2D eigenvalue weighted by Crippen LogP contribution is -2.37. The fourth-order valence-corrected chi connectivity index (χ4v) is 2.25. The van der Waals surface area contributed by atoms with Gasteiger partial charge < -0.3 is 15.2 Å². The third kappa shape index (κ3) is 3.55. The summed E-state index contributed by atoms with van der Waals surface area (Å²) in [5.74, 6) is -0.198. The van der Waals surface area contributed by atoms with Crippen LogP contribution in [0.4, 0.5) is 0 Å². The first-order valence-electron chi connectivity index (χ1n) is 6.56. The van der Waals surface area contributed by atoms with E-state index in [-0.39, 0.29) is 24.2 Å². The van der Waals surface area contributed by atoms with Crippen LogP contribution in [0.3, 0.4) is 0 Å². The predicted octanol–water partition coefficient (Wildman–Crippen LogP) is 1.58. The zero-order valence-electron chi connectivity index (χ0n) is 11.6. The number of hydrogen-bond acceptors (Lipinski definition) is 3. The van der Waals surface area contributed by atoms with E-state index in [1.165, 1.54) is 0 Å². The molecule has 1 aromatic carbocycles. The number of aliphatic hydroxyl groups excluding tert-OH is 1. The van der Waals surface area contributed by atoms with E-state index in [9.17, 15) is 9.90 Å². The van der Waals surface area contributed by atoms with Crippen molar-refractivity contribution in [3.63, 3.8) is 0 Å². The van der Waals surface area contributed by atoms with Crippen LogP contribution in [0, 0.1) is 0 Å². The van der Waals surface area contributed by atoms with E-state index in [0.29, 0.717) is 6.42 Å². The molecule has 2 unspecified atom stereocenters. The molecule has 0 radical (unpaired) electrons. The van der Waals surface area contributed by atoms with Crippen molar-refractivity contribution in [1.82, 2.24) is 5.32 Å². The van der Waals surface area contributed by atoms with Crippen molar-refractivity contribution in [2.24, 2.45) is 0 Å². The van der Waals surface area contributed by atoms with Gasteiger partial charge in [0.1, 0.15) is 6.61 Å². The normalized spacial score (nSPS) is 22.1. The lowest BCUT2D eigenvalue weighted by molar-refractivity contribution is -0.132. The lowest BCUT2D eigenvalue weighted by atomic mass is 10.1. The number of ether oxygens (including phenoxy) is 1. The number of carbonyl (C=O) groups excluding carboxylic acids is 1. The highest BCUT2D eigenvalue weighted by Gasteiger charge is 2.31. The standard InChI is InChI=1S/C15H21NO3/c1-15(2,3)19-9-13(18)16-14-11-7-5-4-6-10(11)8-12(14)17/h4-7,12,14,17H,8-9H2,1-3H3,(H,16,18). The highest BCUT2D eigenvalue weighted by atomic mass is 16.5. The quantitative estimate of drug-likeness (QED) is 0.870. The molecular weight excluding hydrogens is 242 g/mol. The van der Waals surface area contributed by atoms with Gasteiger partial charge in [-0.3, -0.25) is 4.79 Å². The molecule has 2 atom stereocenters. The summed E-state index contributed by atoms with van der Waals surface area (Å²) in [6.07, 6.45) is 0.0253. The van der Waals surface area contributed by atoms with Gasteiger partial charge in [-0.25, -0.2) is 0 Å². The Hall–Kier alpha value is -1.39. The molecule has 1 aliphatic carbocycles. The molecule has 19 heavy (non-hydrogen) atoms. The van der Waals surface area contributed by atoms with E-state index in [0.717, 1.165) is 11.1 Å². The zero-order valence-corrected chi connectivity index (χ0v) is 11.6. The molecule has 2 N–H and O–H groups in total. The number of aliphatic hydroxyl groups is 1. The first kappa shape index (κ1) is 14.0. The molecule has 4 nitrogen and oxygen atoms in total.